The summed E-state index contributed by atoms with van der Waals surface area (Å²) in [6, 6.07) is 4.74. The number of methoxy groups -OCH3 is 1. The summed E-state index contributed by atoms with van der Waals surface area (Å²) in [5.74, 6) is -0.248. The van der Waals surface area contributed by atoms with Gasteiger partial charge in [0.25, 0.3) is 0 Å². The van der Waals surface area contributed by atoms with Gasteiger partial charge in [0.05, 0.1) is 7.11 Å². The Labute approximate surface area is 164 Å². The van der Waals surface area contributed by atoms with E-state index < -0.39 is 17.6 Å². The number of carboxylic acid groups (broad SMARTS) is 1. The Balaban J connectivity index is 1.78. The van der Waals surface area contributed by atoms with Crippen LogP contribution in [0.2, 0.25) is 0 Å². The third kappa shape index (κ3) is 4.22. The Kier molecular flexibility index (Phi) is 5.51. The molecule has 152 valence electrons. The van der Waals surface area contributed by atoms with E-state index in [0.29, 0.717) is 37.5 Å². The summed E-state index contributed by atoms with van der Waals surface area (Å²) in [6.45, 7) is 7.22. The maximum Gasteiger partial charge on any atom is 0.410 e. The summed E-state index contributed by atoms with van der Waals surface area (Å²) >= 11 is 0. The average Bonchev–Trinajstić information content (AvgIpc) is 3.03. The number of carboxylic acids is 1. The molecule has 1 saturated heterocycles. The molecule has 0 spiro atoms. The highest BCUT2D eigenvalue weighted by Crippen LogP contribution is 2.32. The first-order chi connectivity index (χ1) is 13.2. The zero-order chi connectivity index (χ0) is 20.5. The van der Waals surface area contributed by atoms with Crippen molar-refractivity contribution in [3.05, 3.63) is 30.0 Å². The normalized spacial score (nSPS) is 16.8. The third-order valence-electron chi connectivity index (χ3n) is 4.78. The minimum atomic E-state index is -0.922. The molecule has 1 fully saturated rings. The molecule has 2 heterocycles. The fraction of sp³-hybridized carbons (Fsp3) is 0.500. The van der Waals surface area contributed by atoms with Gasteiger partial charge in [0, 0.05) is 48.8 Å². The molecule has 1 unspecified atom stereocenters. The Morgan fingerprint density at radius 2 is 1.86 bits per heavy atom. The molecule has 0 aliphatic carbocycles. The molecular weight excluding hydrogens is 362 g/mol. The molecule has 1 atom stereocenters. The molecule has 1 aromatic heterocycles. The predicted octanol–water partition coefficient (Wildman–Crippen LogP) is 2.85. The van der Waals surface area contributed by atoms with E-state index in [1.165, 1.54) is 0 Å². The highest BCUT2D eigenvalue weighted by atomic mass is 16.6. The molecular formula is C20H27N3O5. The van der Waals surface area contributed by atoms with Crippen molar-refractivity contribution in [2.24, 2.45) is 0 Å². The second kappa shape index (κ2) is 7.71. The first-order valence-electron chi connectivity index (χ1n) is 9.29. The number of hydrogen-bond acceptors (Lipinski definition) is 5. The van der Waals surface area contributed by atoms with Crippen LogP contribution in [0.15, 0.2) is 24.4 Å². The summed E-state index contributed by atoms with van der Waals surface area (Å²) < 4.78 is 10.7. The van der Waals surface area contributed by atoms with Crippen LogP contribution < -0.4 is 4.74 Å². The maximum absolute atomic E-state index is 12.2. The van der Waals surface area contributed by atoms with Crippen molar-refractivity contribution in [2.75, 3.05) is 33.3 Å². The quantitative estimate of drug-likeness (QED) is 0.835. The van der Waals surface area contributed by atoms with E-state index in [2.05, 4.69) is 4.98 Å². The van der Waals surface area contributed by atoms with Crippen molar-refractivity contribution >= 4 is 23.0 Å². The molecule has 1 amide bonds. The third-order valence-corrected chi connectivity index (χ3v) is 4.78. The first kappa shape index (κ1) is 20.0. The Hall–Kier alpha value is -2.74. The topological polar surface area (TPSA) is 95.1 Å². The van der Waals surface area contributed by atoms with Crippen LogP contribution in [0.3, 0.4) is 0 Å². The average molecular weight is 389 g/mol. The standard InChI is InChI=1S/C20H27N3O5/c1-20(2,3)28-19(26)23-9-7-22(8-10-23)17(18(24)25)15-12-21-16-6-5-13(27-4)11-14(15)16/h5-6,11-12,17,21H,7-10H2,1-4H3,(H,24,25). The lowest BCUT2D eigenvalue weighted by Crippen LogP contribution is -2.51. The Bertz CT molecular complexity index is 862. The van der Waals surface area contributed by atoms with Gasteiger partial charge in [-0.2, -0.15) is 0 Å². The number of ether oxygens (including phenoxy) is 2. The number of carbonyl (C=O) groups excluding carboxylic acids is 1. The number of aromatic nitrogens is 1. The number of aromatic amines is 1. The predicted molar refractivity (Wildman–Crippen MR) is 105 cm³/mol. The number of aliphatic carboxylic acids is 1. The number of hydrogen-bond donors (Lipinski definition) is 2. The van der Waals surface area contributed by atoms with Gasteiger partial charge in [-0.15, -0.1) is 0 Å². The Morgan fingerprint density at radius 3 is 2.43 bits per heavy atom. The maximum atomic E-state index is 12.2. The van der Waals surface area contributed by atoms with Crippen LogP contribution in [0.1, 0.15) is 32.4 Å². The van der Waals surface area contributed by atoms with Crippen molar-refractivity contribution < 1.29 is 24.2 Å². The van der Waals surface area contributed by atoms with Crippen LogP contribution in [0.25, 0.3) is 10.9 Å². The van der Waals surface area contributed by atoms with Gasteiger partial charge in [0.2, 0.25) is 0 Å². The molecule has 8 nitrogen and oxygen atoms in total. The van der Waals surface area contributed by atoms with Crippen LogP contribution in [-0.4, -0.2) is 70.8 Å². The van der Waals surface area contributed by atoms with Gasteiger partial charge in [-0.1, -0.05) is 0 Å². The fourth-order valence-corrected chi connectivity index (χ4v) is 3.45. The van der Waals surface area contributed by atoms with Crippen molar-refractivity contribution in [1.29, 1.82) is 0 Å². The molecule has 2 N–H and O–H groups in total. The van der Waals surface area contributed by atoms with Gasteiger partial charge >= 0.3 is 12.1 Å². The lowest BCUT2D eigenvalue weighted by molar-refractivity contribution is -0.144. The summed E-state index contributed by atoms with van der Waals surface area (Å²) in [7, 11) is 1.58. The lowest BCUT2D eigenvalue weighted by atomic mass is 10.0. The van der Waals surface area contributed by atoms with E-state index >= 15 is 0 Å². The number of H-pyrrole nitrogens is 1. The van der Waals surface area contributed by atoms with Gasteiger partial charge < -0.3 is 24.5 Å². The molecule has 0 radical (unpaired) electrons. The Morgan fingerprint density at radius 1 is 1.18 bits per heavy atom. The zero-order valence-corrected chi connectivity index (χ0v) is 16.7. The molecule has 1 aliphatic heterocycles. The van der Waals surface area contributed by atoms with Crippen LogP contribution in [0.5, 0.6) is 5.75 Å². The monoisotopic (exact) mass is 389 g/mol. The van der Waals surface area contributed by atoms with E-state index in [0.717, 1.165) is 10.9 Å². The second-order valence-electron chi connectivity index (χ2n) is 7.90. The lowest BCUT2D eigenvalue weighted by Gasteiger charge is -2.38. The molecule has 8 heteroatoms. The number of carbonyl (C=O) groups is 2. The second-order valence-corrected chi connectivity index (χ2v) is 7.90. The van der Waals surface area contributed by atoms with E-state index in [9.17, 15) is 14.7 Å². The zero-order valence-electron chi connectivity index (χ0n) is 16.7. The molecule has 0 bridgehead atoms. The van der Waals surface area contributed by atoms with Crippen LogP contribution in [0, 0.1) is 0 Å². The number of nitrogens with zero attached hydrogens (tertiary/aromatic N) is 2. The SMILES string of the molecule is COc1ccc2[nH]cc(C(C(=O)O)N3CCN(C(=O)OC(C)(C)C)CC3)c2c1. The van der Waals surface area contributed by atoms with Gasteiger partial charge in [-0.25, -0.2) is 4.79 Å². The highest BCUT2D eigenvalue weighted by Gasteiger charge is 2.34. The summed E-state index contributed by atoms with van der Waals surface area (Å²) in [5.41, 5.74) is 0.988. The fourth-order valence-electron chi connectivity index (χ4n) is 3.45. The first-order valence-corrected chi connectivity index (χ1v) is 9.29. The molecule has 0 saturated carbocycles. The number of piperazine rings is 1. The van der Waals surface area contributed by atoms with Crippen molar-refractivity contribution in [1.82, 2.24) is 14.8 Å². The number of rotatable bonds is 4. The van der Waals surface area contributed by atoms with E-state index in [4.69, 9.17) is 9.47 Å². The van der Waals surface area contributed by atoms with Crippen LogP contribution in [-0.2, 0) is 9.53 Å². The molecule has 1 aliphatic rings. The van der Waals surface area contributed by atoms with Crippen molar-refractivity contribution in [2.45, 2.75) is 32.4 Å². The van der Waals surface area contributed by atoms with Crippen LogP contribution in [0.4, 0.5) is 4.79 Å². The smallest absolute Gasteiger partial charge is 0.410 e. The van der Waals surface area contributed by atoms with E-state index in [1.54, 1.807) is 18.2 Å². The highest BCUT2D eigenvalue weighted by molar-refractivity contribution is 5.90. The van der Waals surface area contributed by atoms with Crippen molar-refractivity contribution in [3.8, 4) is 5.75 Å². The number of nitrogens with one attached hydrogen (secondary N) is 1. The minimum Gasteiger partial charge on any atom is -0.497 e. The van der Waals surface area contributed by atoms with Crippen molar-refractivity contribution in [3.63, 3.8) is 0 Å². The summed E-state index contributed by atoms with van der Waals surface area (Å²) in [4.78, 5) is 31.0. The molecule has 1 aromatic carbocycles. The van der Waals surface area contributed by atoms with E-state index in [-0.39, 0.29) is 6.09 Å². The van der Waals surface area contributed by atoms with Gasteiger partial charge in [0.1, 0.15) is 17.4 Å². The minimum absolute atomic E-state index is 0.365. The van der Waals surface area contributed by atoms with Crippen LogP contribution >= 0.6 is 0 Å². The molecule has 2 aromatic rings. The summed E-state index contributed by atoms with van der Waals surface area (Å²) in [6.07, 6.45) is 1.37. The number of amides is 1. The molecule has 3 rings (SSSR count). The van der Waals surface area contributed by atoms with E-state index in [1.807, 2.05) is 43.9 Å². The summed E-state index contributed by atoms with van der Waals surface area (Å²) in [5, 5.41) is 10.7. The number of benzene rings is 1. The number of fused-ring (bicyclic) bond motifs is 1. The van der Waals surface area contributed by atoms with Gasteiger partial charge in [0.15, 0.2) is 0 Å². The molecule has 28 heavy (non-hydrogen) atoms. The van der Waals surface area contributed by atoms with Gasteiger partial charge in [-0.05, 0) is 39.0 Å². The van der Waals surface area contributed by atoms with Gasteiger partial charge in [-0.3, -0.25) is 9.69 Å². The largest absolute Gasteiger partial charge is 0.497 e.